The van der Waals surface area contributed by atoms with Gasteiger partial charge in [-0.1, -0.05) is 46.9 Å². The maximum absolute atomic E-state index is 12.2. The number of hydrogen-bond donors (Lipinski definition) is 1. The van der Waals surface area contributed by atoms with Gasteiger partial charge in [0.05, 0.1) is 12.8 Å². The van der Waals surface area contributed by atoms with E-state index in [1.54, 1.807) is 48.5 Å². The number of carbonyl (C=O) groups is 1. The van der Waals surface area contributed by atoms with Crippen LogP contribution in [0.5, 0.6) is 11.5 Å². The zero-order chi connectivity index (χ0) is 23.1. The molecule has 3 aromatic carbocycles. The summed E-state index contributed by atoms with van der Waals surface area (Å²) in [5.74, 6) is 0.693. The van der Waals surface area contributed by atoms with Gasteiger partial charge in [0.15, 0.2) is 11.5 Å². The molecule has 0 aliphatic rings. The van der Waals surface area contributed by atoms with E-state index >= 15 is 0 Å². The Hall–Kier alpha value is -2.25. The molecule has 0 saturated carbocycles. The lowest BCUT2D eigenvalue weighted by Gasteiger charge is -2.14. The number of carbonyl (C=O) groups excluding carboxylic acids is 1. The van der Waals surface area contributed by atoms with E-state index in [9.17, 15) is 4.79 Å². The fraction of sp³-hybridized carbons (Fsp3) is 0.130. The third-order valence-electron chi connectivity index (χ3n) is 4.22. The van der Waals surface area contributed by atoms with E-state index in [1.807, 2.05) is 13.0 Å². The standard InChI is InChI=1S/C23H18BrCl3N2O3/c1-2-31-21-9-16(12-28-29-23(30)14-4-3-5-17(25)8-14)19(24)11-22(21)32-13-15-6-7-18(26)10-20(15)27/h3-12H,2,13H2,1H3,(H,29,30)/b28-12-. The molecule has 0 spiro atoms. The van der Waals surface area contributed by atoms with Crippen LogP contribution in [0.15, 0.2) is 64.2 Å². The minimum Gasteiger partial charge on any atom is -0.490 e. The third-order valence-corrected chi connectivity index (χ3v) is 5.73. The van der Waals surface area contributed by atoms with Crippen LogP contribution in [-0.4, -0.2) is 18.7 Å². The van der Waals surface area contributed by atoms with E-state index in [4.69, 9.17) is 44.3 Å². The molecule has 166 valence electrons. The molecule has 0 saturated heterocycles. The van der Waals surface area contributed by atoms with Gasteiger partial charge in [-0.3, -0.25) is 4.79 Å². The van der Waals surface area contributed by atoms with Crippen molar-refractivity contribution >= 4 is 62.9 Å². The van der Waals surface area contributed by atoms with Crippen LogP contribution in [0.1, 0.15) is 28.4 Å². The van der Waals surface area contributed by atoms with Crippen molar-refractivity contribution in [2.45, 2.75) is 13.5 Å². The highest BCUT2D eigenvalue weighted by Gasteiger charge is 2.12. The quantitative estimate of drug-likeness (QED) is 0.237. The summed E-state index contributed by atoms with van der Waals surface area (Å²) in [4.78, 5) is 12.2. The van der Waals surface area contributed by atoms with Gasteiger partial charge in [-0.25, -0.2) is 5.43 Å². The zero-order valence-electron chi connectivity index (χ0n) is 16.9. The van der Waals surface area contributed by atoms with Crippen LogP contribution in [0.4, 0.5) is 0 Å². The Balaban J connectivity index is 1.74. The van der Waals surface area contributed by atoms with Crippen molar-refractivity contribution in [1.29, 1.82) is 0 Å². The lowest BCUT2D eigenvalue weighted by Crippen LogP contribution is -2.17. The first-order valence-electron chi connectivity index (χ1n) is 9.49. The first-order chi connectivity index (χ1) is 15.4. The lowest BCUT2D eigenvalue weighted by atomic mass is 10.2. The maximum atomic E-state index is 12.2. The van der Waals surface area contributed by atoms with Crippen molar-refractivity contribution < 1.29 is 14.3 Å². The Kier molecular flexibility index (Phi) is 8.82. The maximum Gasteiger partial charge on any atom is 0.271 e. The summed E-state index contributed by atoms with van der Waals surface area (Å²) in [6, 6.07) is 15.4. The van der Waals surface area contributed by atoms with Crippen molar-refractivity contribution in [3.8, 4) is 11.5 Å². The van der Waals surface area contributed by atoms with Crippen LogP contribution < -0.4 is 14.9 Å². The van der Waals surface area contributed by atoms with E-state index in [0.717, 1.165) is 5.56 Å². The summed E-state index contributed by atoms with van der Waals surface area (Å²) >= 11 is 21.6. The van der Waals surface area contributed by atoms with Crippen LogP contribution in [0.2, 0.25) is 15.1 Å². The number of rotatable bonds is 8. The number of hydrazone groups is 1. The van der Waals surface area contributed by atoms with Gasteiger partial charge < -0.3 is 9.47 Å². The lowest BCUT2D eigenvalue weighted by molar-refractivity contribution is 0.0955. The molecule has 0 aliphatic carbocycles. The number of ether oxygens (including phenoxy) is 2. The molecule has 5 nitrogen and oxygen atoms in total. The minimum atomic E-state index is -0.371. The van der Waals surface area contributed by atoms with Gasteiger partial charge in [-0.15, -0.1) is 0 Å². The van der Waals surface area contributed by atoms with Crippen LogP contribution in [-0.2, 0) is 6.61 Å². The summed E-state index contributed by atoms with van der Waals surface area (Å²) in [5, 5.41) is 5.58. The second-order valence-electron chi connectivity index (χ2n) is 6.49. The number of hydrogen-bond acceptors (Lipinski definition) is 4. The predicted octanol–water partition coefficient (Wildman–Crippen LogP) is 7.15. The van der Waals surface area contributed by atoms with E-state index in [0.29, 0.717) is 48.8 Å². The van der Waals surface area contributed by atoms with Gasteiger partial charge in [-0.2, -0.15) is 5.10 Å². The molecule has 1 amide bonds. The Morgan fingerprint density at radius 3 is 2.50 bits per heavy atom. The Bertz CT molecular complexity index is 1160. The van der Waals surface area contributed by atoms with Gasteiger partial charge >= 0.3 is 0 Å². The SMILES string of the molecule is CCOc1cc(/C=N\NC(=O)c2cccc(Cl)c2)c(Br)cc1OCc1ccc(Cl)cc1Cl. The van der Waals surface area contributed by atoms with Gasteiger partial charge in [0.2, 0.25) is 0 Å². The zero-order valence-corrected chi connectivity index (χ0v) is 20.7. The van der Waals surface area contributed by atoms with E-state index < -0.39 is 0 Å². The second-order valence-corrected chi connectivity index (χ2v) is 8.62. The first kappa shape index (κ1) is 24.4. The highest BCUT2D eigenvalue weighted by Crippen LogP contribution is 2.34. The number of nitrogens with zero attached hydrogens (tertiary/aromatic N) is 1. The Labute approximate surface area is 209 Å². The van der Waals surface area contributed by atoms with Crippen molar-refractivity contribution in [3.63, 3.8) is 0 Å². The fourth-order valence-corrected chi connectivity index (χ4v) is 3.76. The summed E-state index contributed by atoms with van der Waals surface area (Å²) in [6.45, 7) is 2.56. The molecule has 0 aliphatic heterocycles. The van der Waals surface area contributed by atoms with Crippen molar-refractivity contribution in [3.05, 3.63) is 90.8 Å². The molecule has 0 bridgehead atoms. The smallest absolute Gasteiger partial charge is 0.271 e. The van der Waals surface area contributed by atoms with Crippen LogP contribution in [0.3, 0.4) is 0 Å². The summed E-state index contributed by atoms with van der Waals surface area (Å²) in [5.41, 5.74) is 4.38. The molecule has 0 fully saturated rings. The van der Waals surface area contributed by atoms with Gasteiger partial charge in [0.25, 0.3) is 5.91 Å². The van der Waals surface area contributed by atoms with Crippen LogP contribution in [0, 0.1) is 0 Å². The fourth-order valence-electron chi connectivity index (χ4n) is 2.68. The third kappa shape index (κ3) is 6.62. The number of halogens is 4. The van der Waals surface area contributed by atoms with Crippen molar-refractivity contribution in [1.82, 2.24) is 5.43 Å². The van der Waals surface area contributed by atoms with E-state index in [-0.39, 0.29) is 12.5 Å². The van der Waals surface area contributed by atoms with Crippen molar-refractivity contribution in [2.75, 3.05) is 6.61 Å². The summed E-state index contributed by atoms with van der Waals surface area (Å²) in [6.07, 6.45) is 1.51. The second kappa shape index (κ2) is 11.6. The molecular formula is C23H18BrCl3N2O3. The number of amides is 1. The number of benzene rings is 3. The summed E-state index contributed by atoms with van der Waals surface area (Å²) in [7, 11) is 0. The number of nitrogens with one attached hydrogen (secondary N) is 1. The van der Waals surface area contributed by atoms with E-state index in [2.05, 4.69) is 26.5 Å². The van der Waals surface area contributed by atoms with Crippen LogP contribution in [0.25, 0.3) is 0 Å². The molecular weight excluding hydrogens is 539 g/mol. The topological polar surface area (TPSA) is 59.9 Å². The van der Waals surface area contributed by atoms with Gasteiger partial charge in [-0.05, 0) is 65.3 Å². The average molecular weight is 557 g/mol. The molecule has 3 rings (SSSR count). The largest absolute Gasteiger partial charge is 0.490 e. The highest BCUT2D eigenvalue weighted by molar-refractivity contribution is 9.10. The molecule has 0 atom stereocenters. The molecule has 32 heavy (non-hydrogen) atoms. The summed E-state index contributed by atoms with van der Waals surface area (Å²) < 4.78 is 12.4. The molecule has 0 unspecified atom stereocenters. The average Bonchev–Trinajstić information content (AvgIpc) is 2.75. The Morgan fingerprint density at radius 1 is 1.03 bits per heavy atom. The van der Waals surface area contributed by atoms with Crippen LogP contribution >= 0.6 is 50.7 Å². The molecule has 0 heterocycles. The molecule has 3 aromatic rings. The molecule has 0 aromatic heterocycles. The minimum absolute atomic E-state index is 0.242. The monoisotopic (exact) mass is 554 g/mol. The predicted molar refractivity (Wildman–Crippen MR) is 133 cm³/mol. The van der Waals surface area contributed by atoms with Crippen molar-refractivity contribution in [2.24, 2.45) is 5.10 Å². The van der Waals surface area contributed by atoms with Gasteiger partial charge in [0.1, 0.15) is 6.61 Å². The van der Waals surface area contributed by atoms with E-state index in [1.165, 1.54) is 6.21 Å². The van der Waals surface area contributed by atoms with Gasteiger partial charge in [0, 0.05) is 36.2 Å². The first-order valence-corrected chi connectivity index (χ1v) is 11.4. The molecule has 9 heteroatoms. The Morgan fingerprint density at radius 2 is 1.78 bits per heavy atom. The normalized spacial score (nSPS) is 10.9. The highest BCUT2D eigenvalue weighted by atomic mass is 79.9. The molecule has 1 N–H and O–H groups in total. The molecule has 0 radical (unpaired) electrons.